The van der Waals surface area contributed by atoms with Gasteiger partial charge in [0.1, 0.15) is 0 Å². The van der Waals surface area contributed by atoms with Crippen molar-refractivity contribution < 1.29 is 4.79 Å². The van der Waals surface area contributed by atoms with Crippen LogP contribution in [0.4, 0.5) is 5.69 Å². The third-order valence-corrected chi connectivity index (χ3v) is 4.29. The SMILES string of the molecule is CCc1cccc(C)c1NC(=O)CCNCCc1ccc(Cl)cc1. The maximum atomic E-state index is 12.1. The number of para-hydroxylation sites is 1. The molecule has 0 saturated heterocycles. The number of amides is 1. The van der Waals surface area contributed by atoms with E-state index in [-0.39, 0.29) is 5.91 Å². The van der Waals surface area contributed by atoms with Gasteiger partial charge < -0.3 is 10.6 Å². The fourth-order valence-corrected chi connectivity index (χ4v) is 2.74. The van der Waals surface area contributed by atoms with Crippen LogP contribution in [0.1, 0.15) is 30.0 Å². The summed E-state index contributed by atoms with van der Waals surface area (Å²) in [7, 11) is 0. The van der Waals surface area contributed by atoms with Gasteiger partial charge in [0.25, 0.3) is 0 Å². The van der Waals surface area contributed by atoms with Crippen LogP contribution < -0.4 is 10.6 Å². The molecule has 24 heavy (non-hydrogen) atoms. The summed E-state index contributed by atoms with van der Waals surface area (Å²) in [5.41, 5.74) is 4.49. The topological polar surface area (TPSA) is 41.1 Å². The van der Waals surface area contributed by atoms with Crippen LogP contribution >= 0.6 is 11.6 Å². The molecular formula is C20H25ClN2O. The van der Waals surface area contributed by atoms with Crippen molar-refractivity contribution in [1.82, 2.24) is 5.32 Å². The van der Waals surface area contributed by atoms with Gasteiger partial charge in [0.2, 0.25) is 5.91 Å². The molecule has 0 bridgehead atoms. The van der Waals surface area contributed by atoms with E-state index >= 15 is 0 Å². The minimum atomic E-state index is 0.0537. The number of carbonyl (C=O) groups is 1. The molecule has 4 heteroatoms. The van der Waals surface area contributed by atoms with Gasteiger partial charge in [-0.2, -0.15) is 0 Å². The summed E-state index contributed by atoms with van der Waals surface area (Å²) in [6, 6.07) is 14.0. The second-order valence-electron chi connectivity index (χ2n) is 5.89. The first-order valence-corrected chi connectivity index (χ1v) is 8.81. The number of halogens is 1. The minimum absolute atomic E-state index is 0.0537. The first-order valence-electron chi connectivity index (χ1n) is 8.43. The lowest BCUT2D eigenvalue weighted by Crippen LogP contribution is -2.24. The lowest BCUT2D eigenvalue weighted by atomic mass is 10.1. The second kappa shape index (κ2) is 9.45. The fraction of sp³-hybridized carbons (Fsp3) is 0.350. The van der Waals surface area contributed by atoms with Gasteiger partial charge in [-0.1, -0.05) is 48.9 Å². The van der Waals surface area contributed by atoms with E-state index in [4.69, 9.17) is 11.6 Å². The number of aryl methyl sites for hydroxylation is 2. The zero-order valence-electron chi connectivity index (χ0n) is 14.4. The molecular weight excluding hydrogens is 320 g/mol. The van der Waals surface area contributed by atoms with Crippen molar-refractivity contribution in [3.05, 3.63) is 64.2 Å². The Balaban J connectivity index is 1.71. The summed E-state index contributed by atoms with van der Waals surface area (Å²) < 4.78 is 0. The van der Waals surface area contributed by atoms with Gasteiger partial charge in [0.05, 0.1) is 0 Å². The molecule has 0 heterocycles. The summed E-state index contributed by atoms with van der Waals surface area (Å²) in [6.07, 6.45) is 2.31. The predicted octanol–water partition coefficient (Wildman–Crippen LogP) is 4.37. The van der Waals surface area contributed by atoms with Crippen LogP contribution in [0.5, 0.6) is 0 Å². The van der Waals surface area contributed by atoms with Crippen LogP contribution in [0, 0.1) is 6.92 Å². The van der Waals surface area contributed by atoms with Gasteiger partial charge in [-0.3, -0.25) is 4.79 Å². The highest BCUT2D eigenvalue weighted by atomic mass is 35.5. The van der Waals surface area contributed by atoms with Gasteiger partial charge in [0, 0.05) is 23.7 Å². The Kier molecular flexibility index (Phi) is 7.29. The van der Waals surface area contributed by atoms with E-state index in [2.05, 4.69) is 23.6 Å². The second-order valence-corrected chi connectivity index (χ2v) is 6.32. The summed E-state index contributed by atoms with van der Waals surface area (Å²) in [6.45, 7) is 5.65. The molecule has 2 rings (SSSR count). The number of rotatable bonds is 8. The van der Waals surface area contributed by atoms with E-state index < -0.39 is 0 Å². The van der Waals surface area contributed by atoms with E-state index in [1.54, 1.807) is 0 Å². The number of hydrogen-bond acceptors (Lipinski definition) is 2. The average Bonchev–Trinajstić information content (AvgIpc) is 2.58. The molecule has 3 nitrogen and oxygen atoms in total. The standard InChI is InChI=1S/C20H25ClN2O/c1-3-17-6-4-5-15(2)20(17)23-19(24)12-14-22-13-11-16-7-9-18(21)10-8-16/h4-10,22H,3,11-14H2,1-2H3,(H,23,24). The maximum Gasteiger partial charge on any atom is 0.225 e. The molecule has 0 aliphatic carbocycles. The number of carbonyl (C=O) groups excluding carboxylic acids is 1. The molecule has 0 unspecified atom stereocenters. The molecule has 0 atom stereocenters. The van der Waals surface area contributed by atoms with Crippen LogP contribution in [-0.4, -0.2) is 19.0 Å². The Morgan fingerprint density at radius 2 is 1.83 bits per heavy atom. The minimum Gasteiger partial charge on any atom is -0.326 e. The van der Waals surface area contributed by atoms with Crippen LogP contribution in [0.25, 0.3) is 0 Å². The van der Waals surface area contributed by atoms with Crippen LogP contribution in [0.2, 0.25) is 5.02 Å². The first-order chi connectivity index (χ1) is 11.6. The first kappa shape index (κ1) is 18.5. The zero-order valence-corrected chi connectivity index (χ0v) is 15.1. The summed E-state index contributed by atoms with van der Waals surface area (Å²) in [4.78, 5) is 12.1. The monoisotopic (exact) mass is 344 g/mol. The molecule has 2 N–H and O–H groups in total. The number of anilines is 1. The van der Waals surface area contributed by atoms with Gasteiger partial charge >= 0.3 is 0 Å². The molecule has 0 saturated carbocycles. The third-order valence-electron chi connectivity index (χ3n) is 4.04. The van der Waals surface area contributed by atoms with Crippen LogP contribution in [-0.2, 0) is 17.6 Å². The third kappa shape index (κ3) is 5.66. The van der Waals surface area contributed by atoms with E-state index in [9.17, 15) is 4.79 Å². The van der Waals surface area contributed by atoms with Crippen molar-refractivity contribution >= 4 is 23.2 Å². The average molecular weight is 345 g/mol. The molecule has 0 aliphatic heterocycles. The van der Waals surface area contributed by atoms with Gasteiger partial charge in [-0.25, -0.2) is 0 Å². The Morgan fingerprint density at radius 3 is 2.54 bits per heavy atom. The van der Waals surface area contributed by atoms with Crippen molar-refractivity contribution in [3.63, 3.8) is 0 Å². The largest absolute Gasteiger partial charge is 0.326 e. The lowest BCUT2D eigenvalue weighted by Gasteiger charge is -2.13. The molecule has 0 aromatic heterocycles. The van der Waals surface area contributed by atoms with Crippen molar-refractivity contribution in [2.24, 2.45) is 0 Å². The van der Waals surface area contributed by atoms with Crippen molar-refractivity contribution in [2.75, 3.05) is 18.4 Å². The molecule has 0 fully saturated rings. The van der Waals surface area contributed by atoms with Gasteiger partial charge in [-0.15, -0.1) is 0 Å². The van der Waals surface area contributed by atoms with E-state index in [1.807, 2.05) is 43.3 Å². The highest BCUT2D eigenvalue weighted by molar-refractivity contribution is 6.30. The molecule has 128 valence electrons. The summed E-state index contributed by atoms with van der Waals surface area (Å²) in [5, 5.41) is 7.12. The Hall–Kier alpha value is -1.84. The highest BCUT2D eigenvalue weighted by Crippen LogP contribution is 2.21. The predicted molar refractivity (Wildman–Crippen MR) is 102 cm³/mol. The molecule has 2 aromatic carbocycles. The van der Waals surface area contributed by atoms with Gasteiger partial charge in [-0.05, 0) is 55.1 Å². The quantitative estimate of drug-likeness (QED) is 0.698. The smallest absolute Gasteiger partial charge is 0.225 e. The number of nitrogens with one attached hydrogen (secondary N) is 2. The normalized spacial score (nSPS) is 10.6. The van der Waals surface area contributed by atoms with Gasteiger partial charge in [0.15, 0.2) is 0 Å². The van der Waals surface area contributed by atoms with E-state index in [0.717, 1.165) is 35.7 Å². The molecule has 1 amide bonds. The van der Waals surface area contributed by atoms with Crippen molar-refractivity contribution in [1.29, 1.82) is 0 Å². The highest BCUT2D eigenvalue weighted by Gasteiger charge is 2.08. The fourth-order valence-electron chi connectivity index (χ4n) is 2.61. The van der Waals surface area contributed by atoms with Crippen molar-refractivity contribution in [3.8, 4) is 0 Å². The molecule has 2 aromatic rings. The van der Waals surface area contributed by atoms with Crippen LogP contribution in [0.3, 0.4) is 0 Å². The Labute approximate surface area is 149 Å². The summed E-state index contributed by atoms with van der Waals surface area (Å²) >= 11 is 5.87. The molecule has 0 aliphatic rings. The number of hydrogen-bond donors (Lipinski definition) is 2. The lowest BCUT2D eigenvalue weighted by molar-refractivity contribution is -0.116. The number of benzene rings is 2. The van der Waals surface area contributed by atoms with E-state index in [1.165, 1.54) is 11.1 Å². The molecule has 0 spiro atoms. The molecule has 0 radical (unpaired) electrons. The van der Waals surface area contributed by atoms with Crippen LogP contribution in [0.15, 0.2) is 42.5 Å². The maximum absolute atomic E-state index is 12.1. The Bertz CT molecular complexity index is 668. The van der Waals surface area contributed by atoms with E-state index in [0.29, 0.717) is 13.0 Å². The zero-order chi connectivity index (χ0) is 17.4. The Morgan fingerprint density at radius 1 is 1.08 bits per heavy atom. The van der Waals surface area contributed by atoms with Crippen molar-refractivity contribution in [2.45, 2.75) is 33.1 Å². The summed E-state index contributed by atoms with van der Waals surface area (Å²) in [5.74, 6) is 0.0537.